The van der Waals surface area contributed by atoms with Crippen LogP contribution in [-0.2, 0) is 22.6 Å². The standard InChI is InChI=1S/C26H23NO6/c1-31-19-9-6-16(7-10-19)15-27-23(21-5-3-13-33-21)22(25(29)26(27)30)24(28)18-8-11-20-17(14-18)4-2-12-32-20/h3,5-11,13-14,23,28H,2,4,12,15H2,1H3/b24-22-. The molecule has 0 aliphatic carbocycles. The number of furan rings is 1. The number of aliphatic hydroxyl groups excluding tert-OH is 1. The van der Waals surface area contributed by atoms with Gasteiger partial charge in [0.2, 0.25) is 0 Å². The Morgan fingerprint density at radius 2 is 1.97 bits per heavy atom. The molecule has 33 heavy (non-hydrogen) atoms. The van der Waals surface area contributed by atoms with Gasteiger partial charge in [0.05, 0.1) is 25.6 Å². The molecule has 168 valence electrons. The molecule has 1 aromatic heterocycles. The summed E-state index contributed by atoms with van der Waals surface area (Å²) in [5.74, 6) is 0.234. The number of nitrogens with zero attached hydrogens (tertiary/aromatic N) is 1. The molecule has 2 aromatic carbocycles. The van der Waals surface area contributed by atoms with E-state index in [1.165, 1.54) is 11.2 Å². The number of hydrogen-bond donors (Lipinski definition) is 1. The number of Topliss-reactive ketones (excluding diaryl/α,β-unsaturated/α-hetero) is 1. The number of ketones is 1. The molecule has 1 fully saturated rings. The van der Waals surface area contributed by atoms with Gasteiger partial charge in [-0.05, 0) is 66.4 Å². The van der Waals surface area contributed by atoms with Crippen molar-refractivity contribution in [3.8, 4) is 11.5 Å². The monoisotopic (exact) mass is 445 g/mol. The SMILES string of the molecule is COc1ccc(CN2C(=O)C(=O)/C(=C(\O)c3ccc4c(c3)CCCO4)C2c2ccco2)cc1. The second-order valence-electron chi connectivity index (χ2n) is 8.07. The molecule has 7 nitrogen and oxygen atoms in total. The molecular formula is C26H23NO6. The maximum Gasteiger partial charge on any atom is 0.296 e. The number of benzene rings is 2. The number of likely N-dealkylation sites (tertiary alicyclic amines) is 1. The molecule has 1 amide bonds. The zero-order chi connectivity index (χ0) is 22.9. The summed E-state index contributed by atoms with van der Waals surface area (Å²) < 4.78 is 16.4. The van der Waals surface area contributed by atoms with Crippen LogP contribution >= 0.6 is 0 Å². The van der Waals surface area contributed by atoms with Crippen LogP contribution in [0.15, 0.2) is 70.9 Å². The summed E-state index contributed by atoms with van der Waals surface area (Å²) in [7, 11) is 1.58. The van der Waals surface area contributed by atoms with Crippen molar-refractivity contribution in [2.24, 2.45) is 0 Å². The van der Waals surface area contributed by atoms with Crippen LogP contribution in [0.4, 0.5) is 0 Å². The average Bonchev–Trinajstić information content (AvgIpc) is 3.46. The molecule has 0 spiro atoms. The Morgan fingerprint density at radius 1 is 1.15 bits per heavy atom. The number of carbonyl (C=O) groups is 2. The predicted molar refractivity (Wildman–Crippen MR) is 120 cm³/mol. The van der Waals surface area contributed by atoms with Gasteiger partial charge in [-0.2, -0.15) is 0 Å². The Morgan fingerprint density at radius 3 is 2.70 bits per heavy atom. The van der Waals surface area contributed by atoms with E-state index >= 15 is 0 Å². The summed E-state index contributed by atoms with van der Waals surface area (Å²) in [6.45, 7) is 0.835. The highest BCUT2D eigenvalue weighted by molar-refractivity contribution is 6.46. The number of aryl methyl sites for hydroxylation is 1. The molecule has 1 saturated heterocycles. The van der Waals surface area contributed by atoms with Crippen molar-refractivity contribution in [3.63, 3.8) is 0 Å². The highest BCUT2D eigenvalue weighted by Crippen LogP contribution is 2.41. The van der Waals surface area contributed by atoms with Crippen LogP contribution < -0.4 is 9.47 Å². The molecule has 1 unspecified atom stereocenters. The van der Waals surface area contributed by atoms with Gasteiger partial charge >= 0.3 is 0 Å². The fourth-order valence-corrected chi connectivity index (χ4v) is 4.38. The molecule has 5 rings (SSSR count). The van der Waals surface area contributed by atoms with Gasteiger partial charge in [-0.15, -0.1) is 0 Å². The van der Waals surface area contributed by atoms with Crippen molar-refractivity contribution in [2.45, 2.75) is 25.4 Å². The van der Waals surface area contributed by atoms with Gasteiger partial charge in [-0.25, -0.2) is 0 Å². The summed E-state index contributed by atoms with van der Waals surface area (Å²) in [4.78, 5) is 27.6. The van der Waals surface area contributed by atoms with E-state index in [1.54, 1.807) is 43.5 Å². The third-order valence-electron chi connectivity index (χ3n) is 6.05. The van der Waals surface area contributed by atoms with Gasteiger partial charge in [0.1, 0.15) is 29.1 Å². The second kappa shape index (κ2) is 8.50. The number of fused-ring (bicyclic) bond motifs is 1. The topological polar surface area (TPSA) is 89.2 Å². The first-order valence-corrected chi connectivity index (χ1v) is 10.8. The first kappa shape index (κ1) is 20.9. The van der Waals surface area contributed by atoms with Crippen LogP contribution in [0.3, 0.4) is 0 Å². The zero-order valence-corrected chi connectivity index (χ0v) is 18.1. The van der Waals surface area contributed by atoms with E-state index in [0.717, 1.165) is 29.7 Å². The Labute approximate surface area is 190 Å². The second-order valence-corrected chi connectivity index (χ2v) is 8.07. The minimum atomic E-state index is -0.839. The minimum absolute atomic E-state index is 0.0140. The summed E-state index contributed by atoms with van der Waals surface area (Å²) in [5, 5.41) is 11.2. The van der Waals surface area contributed by atoms with Crippen LogP contribution in [-0.4, -0.2) is 35.4 Å². The first-order valence-electron chi connectivity index (χ1n) is 10.8. The first-order chi connectivity index (χ1) is 16.1. The molecule has 0 saturated carbocycles. The Hall–Kier alpha value is -4.00. The number of hydrogen-bond acceptors (Lipinski definition) is 6. The van der Waals surface area contributed by atoms with E-state index in [1.807, 2.05) is 18.2 Å². The Balaban J connectivity index is 1.57. The van der Waals surface area contributed by atoms with E-state index in [9.17, 15) is 14.7 Å². The van der Waals surface area contributed by atoms with Gasteiger partial charge in [0.25, 0.3) is 11.7 Å². The fourth-order valence-electron chi connectivity index (χ4n) is 4.38. The third-order valence-corrected chi connectivity index (χ3v) is 6.05. The van der Waals surface area contributed by atoms with Crippen LogP contribution in [0.1, 0.15) is 34.9 Å². The van der Waals surface area contributed by atoms with Crippen molar-refractivity contribution >= 4 is 17.4 Å². The smallest absolute Gasteiger partial charge is 0.296 e. The lowest BCUT2D eigenvalue weighted by atomic mass is 9.96. The maximum absolute atomic E-state index is 13.1. The molecule has 3 aromatic rings. The third kappa shape index (κ3) is 3.75. The molecule has 1 atom stereocenters. The summed E-state index contributed by atoms with van der Waals surface area (Å²) in [5.41, 5.74) is 2.27. The minimum Gasteiger partial charge on any atom is -0.507 e. The molecule has 7 heteroatoms. The van der Waals surface area contributed by atoms with Crippen LogP contribution in [0, 0.1) is 0 Å². The van der Waals surface area contributed by atoms with E-state index in [0.29, 0.717) is 23.7 Å². The maximum atomic E-state index is 13.1. The largest absolute Gasteiger partial charge is 0.507 e. The molecule has 0 radical (unpaired) electrons. The van der Waals surface area contributed by atoms with Gasteiger partial charge < -0.3 is 23.9 Å². The number of rotatable bonds is 5. The van der Waals surface area contributed by atoms with Gasteiger partial charge in [-0.3, -0.25) is 9.59 Å². The van der Waals surface area contributed by atoms with Crippen molar-refractivity contribution in [1.29, 1.82) is 0 Å². The Kier molecular flexibility index (Phi) is 5.38. The highest BCUT2D eigenvalue weighted by atomic mass is 16.5. The van der Waals surface area contributed by atoms with E-state index in [-0.39, 0.29) is 17.9 Å². The average molecular weight is 445 g/mol. The lowest BCUT2D eigenvalue weighted by Crippen LogP contribution is -2.29. The van der Waals surface area contributed by atoms with Crippen LogP contribution in [0.25, 0.3) is 5.76 Å². The highest BCUT2D eigenvalue weighted by Gasteiger charge is 2.47. The lowest BCUT2D eigenvalue weighted by molar-refractivity contribution is -0.140. The molecule has 3 heterocycles. The number of methoxy groups -OCH3 is 1. The van der Waals surface area contributed by atoms with Gasteiger partial charge in [-0.1, -0.05) is 12.1 Å². The normalized spacial score (nSPS) is 19.3. The molecule has 1 N–H and O–H groups in total. The van der Waals surface area contributed by atoms with E-state index < -0.39 is 17.7 Å². The summed E-state index contributed by atoms with van der Waals surface area (Å²) in [6, 6.07) is 15.1. The fraction of sp³-hybridized carbons (Fsp3) is 0.231. The Bertz CT molecular complexity index is 1230. The molecule has 2 aliphatic rings. The summed E-state index contributed by atoms with van der Waals surface area (Å²) in [6.07, 6.45) is 3.19. The number of amides is 1. The molecule has 0 bridgehead atoms. The molecular weight excluding hydrogens is 422 g/mol. The quantitative estimate of drug-likeness (QED) is 0.359. The molecule has 2 aliphatic heterocycles. The number of carbonyl (C=O) groups excluding carboxylic acids is 2. The van der Waals surface area contributed by atoms with Crippen molar-refractivity contribution in [3.05, 3.63) is 88.9 Å². The summed E-state index contributed by atoms with van der Waals surface area (Å²) >= 11 is 0. The van der Waals surface area contributed by atoms with Crippen molar-refractivity contribution < 1.29 is 28.6 Å². The predicted octanol–water partition coefficient (Wildman–Crippen LogP) is 4.24. The number of aliphatic hydroxyl groups is 1. The number of ether oxygens (including phenoxy) is 2. The van der Waals surface area contributed by atoms with E-state index in [2.05, 4.69) is 0 Å². The van der Waals surface area contributed by atoms with Crippen molar-refractivity contribution in [2.75, 3.05) is 13.7 Å². The lowest BCUT2D eigenvalue weighted by Gasteiger charge is -2.23. The van der Waals surface area contributed by atoms with E-state index in [4.69, 9.17) is 13.9 Å². The van der Waals surface area contributed by atoms with Crippen molar-refractivity contribution in [1.82, 2.24) is 4.90 Å². The van der Waals surface area contributed by atoms with Gasteiger partial charge in [0.15, 0.2) is 0 Å². The van der Waals surface area contributed by atoms with Crippen LogP contribution in [0.5, 0.6) is 11.5 Å². The van der Waals surface area contributed by atoms with Crippen LogP contribution in [0.2, 0.25) is 0 Å². The van der Waals surface area contributed by atoms with Gasteiger partial charge in [0, 0.05) is 12.1 Å². The zero-order valence-electron chi connectivity index (χ0n) is 18.1.